The molecule has 47 heavy (non-hydrogen) atoms. The van der Waals surface area contributed by atoms with E-state index in [9.17, 15) is 14.4 Å². The molecule has 2 aliphatic heterocycles. The summed E-state index contributed by atoms with van der Waals surface area (Å²) in [5, 5.41) is 2.86. The van der Waals surface area contributed by atoms with Crippen LogP contribution in [0.2, 0.25) is 0 Å². The molecule has 1 aromatic carbocycles. The van der Waals surface area contributed by atoms with E-state index < -0.39 is 59.6 Å². The molecule has 2 amide bonds. The van der Waals surface area contributed by atoms with Crippen LogP contribution in [0.5, 0.6) is 11.6 Å². The Balaban J connectivity index is 1.42. The van der Waals surface area contributed by atoms with Gasteiger partial charge in [-0.25, -0.2) is 14.8 Å². The molecular formula is C35H46F2N4O6. The minimum absolute atomic E-state index is 0.0646. The average molecular weight is 657 g/mol. The lowest BCUT2D eigenvalue weighted by molar-refractivity contribution is -0.141. The molecule has 6 rings (SSSR count). The zero-order valence-corrected chi connectivity index (χ0v) is 28.1. The minimum Gasteiger partial charge on any atom is -0.497 e. The number of benzene rings is 1. The largest absolute Gasteiger partial charge is 0.497 e. The van der Waals surface area contributed by atoms with Gasteiger partial charge in [-0.05, 0) is 74.3 Å². The molecule has 10 nitrogen and oxygen atoms in total. The van der Waals surface area contributed by atoms with Crippen LogP contribution in [0.3, 0.4) is 0 Å². The number of hydrogen-bond acceptors (Lipinski definition) is 8. The summed E-state index contributed by atoms with van der Waals surface area (Å²) in [6, 6.07) is 2.92. The van der Waals surface area contributed by atoms with E-state index in [0.717, 1.165) is 19.3 Å². The second-order valence-corrected chi connectivity index (χ2v) is 15.1. The molecule has 8 atom stereocenters. The van der Waals surface area contributed by atoms with Crippen LogP contribution in [0.4, 0.5) is 13.6 Å². The van der Waals surface area contributed by atoms with Crippen LogP contribution in [-0.2, 0) is 20.2 Å². The van der Waals surface area contributed by atoms with E-state index in [-0.39, 0.29) is 48.1 Å². The fourth-order valence-electron chi connectivity index (χ4n) is 8.41. The van der Waals surface area contributed by atoms with Crippen molar-refractivity contribution < 1.29 is 37.4 Å². The summed E-state index contributed by atoms with van der Waals surface area (Å²) < 4.78 is 50.0. The molecule has 4 aliphatic rings. The molecule has 2 saturated carbocycles. The van der Waals surface area contributed by atoms with Crippen LogP contribution >= 0.6 is 0 Å². The second-order valence-electron chi connectivity index (χ2n) is 15.1. The summed E-state index contributed by atoms with van der Waals surface area (Å²) in [6.45, 7) is 8.60. The third-order valence-electron chi connectivity index (χ3n) is 10.8. The summed E-state index contributed by atoms with van der Waals surface area (Å²) in [5.74, 6) is -3.82. The fraction of sp³-hybridized carbons (Fsp3) is 0.686. The number of nitrogens with zero attached hydrogens (tertiary/aromatic N) is 3. The highest BCUT2D eigenvalue weighted by molar-refractivity contribution is 5.92. The topological polar surface area (TPSA) is 120 Å². The maximum atomic E-state index is 16.2. The number of hydrogen-bond donors (Lipinski definition) is 1. The zero-order valence-electron chi connectivity index (χ0n) is 28.1. The highest BCUT2D eigenvalue weighted by atomic mass is 19.3. The summed E-state index contributed by atoms with van der Waals surface area (Å²) in [6.07, 6.45) is 2.09. The summed E-state index contributed by atoms with van der Waals surface area (Å²) >= 11 is 0. The molecule has 12 heteroatoms. The predicted octanol–water partition coefficient (Wildman–Crippen LogP) is 6.04. The normalized spacial score (nSPS) is 32.8. The van der Waals surface area contributed by atoms with Crippen molar-refractivity contribution >= 4 is 28.8 Å². The molecule has 1 aromatic heterocycles. The van der Waals surface area contributed by atoms with Crippen molar-refractivity contribution in [3.63, 3.8) is 0 Å². The Labute approximate surface area is 274 Å². The molecule has 3 fully saturated rings. The maximum absolute atomic E-state index is 16.2. The Morgan fingerprint density at radius 3 is 2.51 bits per heavy atom. The van der Waals surface area contributed by atoms with Crippen LogP contribution in [0.1, 0.15) is 85.3 Å². The number of Topliss-reactive ketones (excluding diaryl/α,β-unsaturated/α-hetero) is 1. The summed E-state index contributed by atoms with van der Waals surface area (Å²) in [7, 11) is 1.50. The second kappa shape index (κ2) is 12.5. The van der Waals surface area contributed by atoms with Gasteiger partial charge in [-0.1, -0.05) is 34.1 Å². The first kappa shape index (κ1) is 33.3. The number of ketones is 1. The van der Waals surface area contributed by atoms with E-state index >= 15 is 8.78 Å². The lowest BCUT2D eigenvalue weighted by Crippen LogP contribution is -2.57. The molecule has 1 N–H and O–H groups in total. The third-order valence-corrected chi connectivity index (χ3v) is 10.8. The average Bonchev–Trinajstić information content (AvgIpc) is 3.70. The van der Waals surface area contributed by atoms with Gasteiger partial charge in [0, 0.05) is 18.4 Å². The van der Waals surface area contributed by atoms with Crippen LogP contribution in [-0.4, -0.2) is 70.6 Å². The number of ether oxygens (including phenoxy) is 3. The number of alkyl carbamates (subject to hydrolysis) is 1. The smallest absolute Gasteiger partial charge is 0.408 e. The molecule has 2 aromatic rings. The summed E-state index contributed by atoms with van der Waals surface area (Å²) in [4.78, 5) is 51.1. The first-order valence-corrected chi connectivity index (χ1v) is 16.9. The third kappa shape index (κ3) is 6.36. The van der Waals surface area contributed by atoms with Gasteiger partial charge in [-0.3, -0.25) is 9.59 Å². The Morgan fingerprint density at radius 1 is 1.06 bits per heavy atom. The van der Waals surface area contributed by atoms with Gasteiger partial charge < -0.3 is 24.4 Å². The monoisotopic (exact) mass is 656 g/mol. The molecule has 0 unspecified atom stereocenters. The molecule has 0 radical (unpaired) electrons. The molecular weight excluding hydrogens is 610 g/mol. The van der Waals surface area contributed by atoms with Gasteiger partial charge in [-0.2, -0.15) is 8.78 Å². The Morgan fingerprint density at radius 2 is 1.81 bits per heavy atom. The number of amides is 2. The van der Waals surface area contributed by atoms with Crippen molar-refractivity contribution in [2.24, 2.45) is 29.1 Å². The van der Waals surface area contributed by atoms with E-state index in [1.165, 1.54) is 18.9 Å². The molecule has 3 heterocycles. The van der Waals surface area contributed by atoms with E-state index in [4.69, 9.17) is 14.2 Å². The molecule has 2 aliphatic carbocycles. The lowest BCUT2D eigenvalue weighted by atomic mass is 9.82. The molecule has 1 saturated heterocycles. The molecule has 0 spiro atoms. The Kier molecular flexibility index (Phi) is 8.84. The van der Waals surface area contributed by atoms with Gasteiger partial charge in [-0.15, -0.1) is 0 Å². The van der Waals surface area contributed by atoms with Crippen molar-refractivity contribution in [2.45, 2.75) is 110 Å². The number of alkyl halides is 2. The number of fused-ring (bicyclic) bond motifs is 9. The van der Waals surface area contributed by atoms with Crippen molar-refractivity contribution in [3.8, 4) is 11.6 Å². The van der Waals surface area contributed by atoms with Crippen LogP contribution in [0.25, 0.3) is 11.0 Å². The number of rotatable bonds is 2. The van der Waals surface area contributed by atoms with Gasteiger partial charge in [0.15, 0.2) is 11.5 Å². The molecule has 256 valence electrons. The Hall–Kier alpha value is -3.57. The van der Waals surface area contributed by atoms with E-state index in [2.05, 4.69) is 15.3 Å². The minimum atomic E-state index is -3.36. The number of nitrogens with one attached hydrogen (secondary N) is 1. The van der Waals surface area contributed by atoms with Gasteiger partial charge in [0.1, 0.15) is 24.0 Å². The number of aromatic nitrogens is 2. The first-order valence-electron chi connectivity index (χ1n) is 16.9. The Bertz CT molecular complexity index is 1550. The van der Waals surface area contributed by atoms with E-state index in [0.29, 0.717) is 30.0 Å². The summed E-state index contributed by atoms with van der Waals surface area (Å²) in [5.41, 5.74) is -0.695. The van der Waals surface area contributed by atoms with Crippen molar-refractivity contribution in [2.75, 3.05) is 13.7 Å². The van der Waals surface area contributed by atoms with Crippen LogP contribution in [0.15, 0.2) is 18.2 Å². The highest BCUT2D eigenvalue weighted by Crippen LogP contribution is 2.52. The van der Waals surface area contributed by atoms with Crippen LogP contribution in [0, 0.1) is 29.1 Å². The predicted molar refractivity (Wildman–Crippen MR) is 169 cm³/mol. The van der Waals surface area contributed by atoms with Gasteiger partial charge in [0.25, 0.3) is 5.92 Å². The fourth-order valence-corrected chi connectivity index (χ4v) is 8.41. The van der Waals surface area contributed by atoms with E-state index in [1.807, 2.05) is 20.8 Å². The van der Waals surface area contributed by atoms with E-state index in [1.54, 1.807) is 25.1 Å². The van der Waals surface area contributed by atoms with Crippen LogP contribution < -0.4 is 14.8 Å². The number of carbonyl (C=O) groups is 3. The van der Waals surface area contributed by atoms with Crippen molar-refractivity contribution in [1.29, 1.82) is 0 Å². The quantitative estimate of drug-likeness (QED) is 0.416. The van der Waals surface area contributed by atoms with Crippen molar-refractivity contribution in [1.82, 2.24) is 20.2 Å². The van der Waals surface area contributed by atoms with Gasteiger partial charge in [0.2, 0.25) is 11.8 Å². The lowest BCUT2D eigenvalue weighted by Gasteiger charge is -2.36. The van der Waals surface area contributed by atoms with Gasteiger partial charge in [0.05, 0.1) is 30.7 Å². The highest BCUT2D eigenvalue weighted by Gasteiger charge is 2.52. The van der Waals surface area contributed by atoms with Gasteiger partial charge >= 0.3 is 6.09 Å². The standard InChI is InChI=1S/C35H46F2N4O6/c1-18-26-17-41(27(18)19(2)42)32(43)30(34(3,4)5)40-33(44)47-28-21-11-10-20(15-21)23(28)9-7-8-14-35(36,37)29-31(46-26)39-25-16-22(45-6)12-13-24(25)38-29/h12-13,16,18,20-21,23,26-28,30H,7-11,14-15,17H2,1-6H3,(H,40,44)/t18-,20-,21+,23-,26+,27+,28-,30-/m1/s1. The first-order chi connectivity index (χ1) is 22.2. The molecule has 4 bridgehead atoms. The maximum Gasteiger partial charge on any atom is 0.408 e. The SMILES string of the molecule is COc1ccc2nc3c(nc2c1)O[C@H]1CN(C(=O)[C@H](C(C)(C)C)NC(=O)O[C@@H]2[C@H]4CC[C@H](C4)[C@H]2CCCCC3(F)F)[C@H](C(C)=O)[C@@H]1C. The number of halogens is 2. The number of methoxy groups -OCH3 is 1. The van der Waals surface area contributed by atoms with Crippen molar-refractivity contribution in [3.05, 3.63) is 23.9 Å². The number of carbonyl (C=O) groups excluding carboxylic acids is 3. The zero-order chi connectivity index (χ0) is 33.8.